The van der Waals surface area contributed by atoms with Crippen molar-refractivity contribution in [1.29, 1.82) is 0 Å². The van der Waals surface area contributed by atoms with Crippen molar-refractivity contribution in [2.24, 2.45) is 0 Å². The van der Waals surface area contributed by atoms with Crippen LogP contribution in [0.1, 0.15) is 10.5 Å². The summed E-state index contributed by atoms with van der Waals surface area (Å²) in [7, 11) is 0. The molecule has 0 saturated heterocycles. The summed E-state index contributed by atoms with van der Waals surface area (Å²) >= 11 is 0. The number of aromatic nitrogens is 2. The van der Waals surface area contributed by atoms with Gasteiger partial charge in [-0.2, -0.15) is 9.78 Å². The normalized spacial score (nSPS) is 11.3. The second kappa shape index (κ2) is 7.94. The lowest BCUT2D eigenvalue weighted by molar-refractivity contribution is -0.274. The number of nitrogens with one attached hydrogen (secondary N) is 1. The summed E-state index contributed by atoms with van der Waals surface area (Å²) in [5, 5.41) is 7.11. The highest BCUT2D eigenvalue weighted by molar-refractivity contribution is 6.11. The van der Waals surface area contributed by atoms with Crippen LogP contribution in [0.15, 0.2) is 83.7 Å². The van der Waals surface area contributed by atoms with Crippen LogP contribution in [0, 0.1) is 0 Å². The monoisotopic (exact) mass is 425 g/mol. The van der Waals surface area contributed by atoms with Crippen LogP contribution in [0.25, 0.3) is 16.5 Å². The molecule has 1 heterocycles. The Labute approximate surface area is 173 Å². The molecular weight excluding hydrogens is 411 g/mol. The zero-order chi connectivity index (χ0) is 22.0. The maximum absolute atomic E-state index is 13.0. The molecule has 0 unspecified atom stereocenters. The van der Waals surface area contributed by atoms with Gasteiger partial charge in [-0.1, -0.05) is 48.5 Å². The van der Waals surface area contributed by atoms with Crippen LogP contribution in [0.4, 0.5) is 18.9 Å². The van der Waals surface area contributed by atoms with E-state index in [2.05, 4.69) is 15.2 Å². The first-order chi connectivity index (χ1) is 14.8. The van der Waals surface area contributed by atoms with E-state index in [1.807, 2.05) is 0 Å². The van der Waals surface area contributed by atoms with Gasteiger partial charge in [-0.05, 0) is 30.3 Å². The molecule has 0 atom stereocenters. The van der Waals surface area contributed by atoms with Crippen molar-refractivity contribution < 1.29 is 22.7 Å². The van der Waals surface area contributed by atoms with Crippen molar-refractivity contribution in [2.45, 2.75) is 6.36 Å². The van der Waals surface area contributed by atoms with Gasteiger partial charge in [0.2, 0.25) is 0 Å². The molecule has 0 saturated carbocycles. The fourth-order valence-electron chi connectivity index (χ4n) is 3.07. The Balaban J connectivity index is 1.81. The molecule has 0 fully saturated rings. The van der Waals surface area contributed by atoms with E-state index in [-0.39, 0.29) is 22.2 Å². The van der Waals surface area contributed by atoms with E-state index in [4.69, 9.17) is 0 Å². The Kier molecular flexibility index (Phi) is 5.16. The Hall–Kier alpha value is -4.14. The highest BCUT2D eigenvalue weighted by Gasteiger charge is 2.32. The second-order valence-electron chi connectivity index (χ2n) is 6.44. The number of carbonyl (C=O) groups excluding carboxylic acids is 1. The molecule has 0 bridgehead atoms. The minimum absolute atomic E-state index is 0.124. The predicted molar refractivity (Wildman–Crippen MR) is 108 cm³/mol. The number of nitrogens with zero attached hydrogens (tertiary/aromatic N) is 2. The molecule has 0 radical (unpaired) electrons. The Morgan fingerprint density at radius 2 is 1.48 bits per heavy atom. The number of rotatable bonds is 4. The van der Waals surface area contributed by atoms with Crippen molar-refractivity contribution in [3.63, 3.8) is 0 Å². The fraction of sp³-hybridized carbons (Fsp3) is 0.0455. The number of amides is 1. The van der Waals surface area contributed by atoms with Gasteiger partial charge in [0, 0.05) is 5.39 Å². The summed E-state index contributed by atoms with van der Waals surface area (Å²) in [5.74, 6) is -1.36. The highest BCUT2D eigenvalue weighted by Crippen LogP contribution is 2.30. The molecule has 6 nitrogen and oxygen atoms in total. The van der Waals surface area contributed by atoms with Crippen LogP contribution >= 0.6 is 0 Å². The number of ether oxygens (including phenoxy) is 1. The average molecular weight is 425 g/mol. The van der Waals surface area contributed by atoms with E-state index in [9.17, 15) is 22.8 Å². The molecule has 1 aromatic heterocycles. The number of carbonyl (C=O) groups is 1. The number of anilines is 1. The quantitative estimate of drug-likeness (QED) is 0.521. The van der Waals surface area contributed by atoms with Gasteiger partial charge < -0.3 is 10.1 Å². The zero-order valence-corrected chi connectivity index (χ0v) is 15.8. The van der Waals surface area contributed by atoms with Crippen molar-refractivity contribution in [3.05, 3.63) is 94.9 Å². The first-order valence-electron chi connectivity index (χ1n) is 9.07. The minimum atomic E-state index is -4.92. The number of benzene rings is 3. The number of halogens is 3. The molecule has 4 aromatic rings. The maximum atomic E-state index is 13.0. The minimum Gasteiger partial charge on any atom is -0.404 e. The smallest absolute Gasteiger partial charge is 0.404 e. The number of alkyl halides is 3. The molecule has 1 N–H and O–H groups in total. The summed E-state index contributed by atoms with van der Waals surface area (Å²) < 4.78 is 43.1. The molecule has 0 aliphatic rings. The van der Waals surface area contributed by atoms with Gasteiger partial charge in [0.1, 0.15) is 0 Å². The van der Waals surface area contributed by atoms with E-state index in [1.165, 1.54) is 18.2 Å². The van der Waals surface area contributed by atoms with E-state index < -0.39 is 23.6 Å². The summed E-state index contributed by atoms with van der Waals surface area (Å²) in [4.78, 5) is 25.9. The van der Waals surface area contributed by atoms with Crippen LogP contribution in [0.3, 0.4) is 0 Å². The highest BCUT2D eigenvalue weighted by atomic mass is 19.4. The Bertz CT molecular complexity index is 1320. The molecule has 9 heteroatoms. The molecular formula is C22H14F3N3O3. The Morgan fingerprint density at radius 3 is 2.19 bits per heavy atom. The molecule has 3 aromatic carbocycles. The Morgan fingerprint density at radius 1 is 0.871 bits per heavy atom. The average Bonchev–Trinajstić information content (AvgIpc) is 2.75. The summed E-state index contributed by atoms with van der Waals surface area (Å²) in [6.07, 6.45) is -4.92. The molecule has 0 aliphatic carbocycles. The van der Waals surface area contributed by atoms with Crippen molar-refractivity contribution in [3.8, 4) is 11.4 Å². The van der Waals surface area contributed by atoms with E-state index >= 15 is 0 Å². The number of para-hydroxylation sites is 3. The van der Waals surface area contributed by atoms with Gasteiger partial charge in [0.15, 0.2) is 11.4 Å². The van der Waals surface area contributed by atoms with Crippen molar-refractivity contribution in [1.82, 2.24) is 9.78 Å². The number of hydrogen-bond acceptors (Lipinski definition) is 4. The van der Waals surface area contributed by atoms with Gasteiger partial charge in [0.25, 0.3) is 11.5 Å². The molecule has 156 valence electrons. The molecule has 31 heavy (non-hydrogen) atoms. The molecule has 0 spiro atoms. The van der Waals surface area contributed by atoms with Crippen LogP contribution in [0.2, 0.25) is 0 Å². The van der Waals surface area contributed by atoms with E-state index in [1.54, 1.807) is 54.6 Å². The molecule has 1 amide bonds. The molecule has 0 aliphatic heterocycles. The lowest BCUT2D eigenvalue weighted by atomic mass is 10.1. The standard InChI is InChI=1S/C22H14F3N3O3/c23-22(24,25)31-18-13-7-6-12-17(18)26-20(29)19-15-10-4-5-11-16(15)21(30)28(27-19)14-8-2-1-3-9-14/h1-13H,(H,26,29). The third-order valence-corrected chi connectivity index (χ3v) is 4.38. The van der Waals surface area contributed by atoms with Gasteiger partial charge in [-0.3, -0.25) is 9.59 Å². The van der Waals surface area contributed by atoms with E-state index in [0.717, 1.165) is 10.7 Å². The van der Waals surface area contributed by atoms with Crippen LogP contribution in [-0.4, -0.2) is 22.1 Å². The van der Waals surface area contributed by atoms with Gasteiger partial charge in [-0.15, -0.1) is 13.2 Å². The summed E-state index contributed by atoms with van der Waals surface area (Å²) in [6.45, 7) is 0. The van der Waals surface area contributed by atoms with Gasteiger partial charge in [0.05, 0.1) is 16.8 Å². The van der Waals surface area contributed by atoms with E-state index in [0.29, 0.717) is 5.69 Å². The largest absolute Gasteiger partial charge is 0.573 e. The third kappa shape index (κ3) is 4.25. The summed E-state index contributed by atoms with van der Waals surface area (Å²) in [5.41, 5.74) is -0.304. The van der Waals surface area contributed by atoms with Crippen LogP contribution < -0.4 is 15.6 Å². The first-order valence-corrected chi connectivity index (χ1v) is 9.07. The number of hydrogen-bond donors (Lipinski definition) is 1. The lowest BCUT2D eigenvalue weighted by Crippen LogP contribution is -2.26. The maximum Gasteiger partial charge on any atom is 0.573 e. The SMILES string of the molecule is O=C(Nc1ccccc1OC(F)(F)F)c1nn(-c2ccccc2)c(=O)c2ccccc12. The second-order valence-corrected chi connectivity index (χ2v) is 6.44. The van der Waals surface area contributed by atoms with Crippen LogP contribution in [0.5, 0.6) is 5.75 Å². The molecule has 4 rings (SSSR count). The van der Waals surface area contributed by atoms with Crippen molar-refractivity contribution >= 4 is 22.4 Å². The zero-order valence-electron chi connectivity index (χ0n) is 15.8. The fourth-order valence-corrected chi connectivity index (χ4v) is 3.07. The summed E-state index contributed by atoms with van der Waals surface area (Å²) in [6, 6.07) is 20.0. The topological polar surface area (TPSA) is 73.2 Å². The van der Waals surface area contributed by atoms with Crippen molar-refractivity contribution in [2.75, 3.05) is 5.32 Å². The third-order valence-electron chi connectivity index (χ3n) is 4.38. The van der Waals surface area contributed by atoms with Gasteiger partial charge in [-0.25, -0.2) is 0 Å². The number of fused-ring (bicyclic) bond motifs is 1. The van der Waals surface area contributed by atoms with Crippen LogP contribution in [-0.2, 0) is 0 Å². The first kappa shape index (κ1) is 20.1. The predicted octanol–water partition coefficient (Wildman–Crippen LogP) is 4.54. The van der Waals surface area contributed by atoms with Gasteiger partial charge >= 0.3 is 6.36 Å². The lowest BCUT2D eigenvalue weighted by Gasteiger charge is -2.15.